The highest BCUT2D eigenvalue weighted by molar-refractivity contribution is 5.81. The van der Waals surface area contributed by atoms with Crippen molar-refractivity contribution in [2.45, 2.75) is 192 Å². The first-order chi connectivity index (χ1) is 27.3. The summed E-state index contributed by atoms with van der Waals surface area (Å²) in [6, 6.07) is 0. The summed E-state index contributed by atoms with van der Waals surface area (Å²) < 4.78 is 22.6. The zero-order valence-corrected chi connectivity index (χ0v) is 34.8. The molecule has 56 heavy (non-hydrogen) atoms. The molecule has 0 aromatic heterocycles. The van der Waals surface area contributed by atoms with Gasteiger partial charge in [-0.25, -0.2) is 9.59 Å². The minimum absolute atomic E-state index is 0.0170. The fourth-order valence-electron chi connectivity index (χ4n) is 11.0. The van der Waals surface area contributed by atoms with Gasteiger partial charge in [-0.3, -0.25) is 9.59 Å². The largest absolute Gasteiger partial charge is 0.463 e. The third-order valence-corrected chi connectivity index (χ3v) is 14.8. The Hall–Kier alpha value is -2.64. The fraction of sp³-hybridized carbons (Fsp3) is 0.833. The molecular formula is C48H76O8. The third kappa shape index (κ3) is 15.3. The van der Waals surface area contributed by atoms with Gasteiger partial charge in [0.2, 0.25) is 0 Å². The minimum atomic E-state index is -0.323. The average molecular weight is 781 g/mol. The highest BCUT2D eigenvalue weighted by Gasteiger charge is 2.37. The first-order valence-electron chi connectivity index (χ1n) is 23.3. The second kappa shape index (κ2) is 24.3. The first-order valence-corrected chi connectivity index (χ1v) is 23.3. The van der Waals surface area contributed by atoms with E-state index in [1.165, 1.54) is 89.2 Å². The maximum absolute atomic E-state index is 13.4. The Morgan fingerprint density at radius 3 is 1.00 bits per heavy atom. The number of hydrogen-bond acceptors (Lipinski definition) is 8. The Morgan fingerprint density at radius 2 is 0.696 bits per heavy atom. The predicted octanol–water partition coefficient (Wildman–Crippen LogP) is 11.2. The van der Waals surface area contributed by atoms with Crippen LogP contribution in [0.3, 0.4) is 0 Å². The maximum atomic E-state index is 13.4. The van der Waals surface area contributed by atoms with Crippen LogP contribution in [0.25, 0.3) is 0 Å². The first kappa shape index (κ1) is 44.5. The molecular weight excluding hydrogens is 705 g/mol. The number of hydrogen-bond donors (Lipinski definition) is 0. The summed E-state index contributed by atoms with van der Waals surface area (Å²) in [4.78, 5) is 49.2. The summed E-state index contributed by atoms with van der Waals surface area (Å²) in [5.74, 6) is 3.82. The molecule has 0 aliphatic heterocycles. The number of carbonyl (C=O) groups excluding carboxylic acids is 4. The average Bonchev–Trinajstić information content (AvgIpc) is 3.24. The number of rotatable bonds is 20. The van der Waals surface area contributed by atoms with Gasteiger partial charge >= 0.3 is 23.9 Å². The van der Waals surface area contributed by atoms with E-state index in [1.807, 2.05) is 0 Å². The van der Waals surface area contributed by atoms with Crippen molar-refractivity contribution in [3.05, 3.63) is 25.3 Å². The Bertz CT molecular complexity index is 1120. The summed E-state index contributed by atoms with van der Waals surface area (Å²) in [5, 5.41) is 0. The SMILES string of the molecule is C=CC(=O)OCCCC1CCC(CCC2CCC(C(=O)O[C@@H]3CCCC[C@H]3OC(=O)C3CCC(CCC4CCC(CCCOC(=O)C=C)CC4)CC3)CC2)CC1. The quantitative estimate of drug-likeness (QED) is 0.0520. The molecule has 5 aliphatic carbocycles. The van der Waals surface area contributed by atoms with Crippen molar-refractivity contribution in [3.63, 3.8) is 0 Å². The van der Waals surface area contributed by atoms with Crippen molar-refractivity contribution in [1.82, 2.24) is 0 Å². The Balaban J connectivity index is 0.905. The summed E-state index contributed by atoms with van der Waals surface area (Å²) in [6.07, 6.45) is 33.4. The van der Waals surface area contributed by atoms with Crippen LogP contribution in [0, 0.1) is 47.3 Å². The standard InChI is InChI=1S/C48H76O8/c1-3-45(49)53-33-7-9-35-13-17-37(18-14-35)21-23-39-25-29-41(30-26-39)47(51)55-43-11-5-6-12-44(43)56-48(52)42-31-27-40(28-32-42)24-22-38-19-15-36(16-20-38)10-8-34-54-46(50)4-2/h3-4,35-44H,1-2,5-34H2/t35?,36?,37?,38?,39?,40?,41?,42?,43-,44-/m1/s1. The van der Waals surface area contributed by atoms with E-state index in [-0.39, 0.29) is 47.9 Å². The van der Waals surface area contributed by atoms with Crippen LogP contribution in [-0.4, -0.2) is 49.3 Å². The molecule has 5 aliphatic rings. The van der Waals surface area contributed by atoms with E-state index >= 15 is 0 Å². The molecule has 5 fully saturated rings. The molecule has 0 aromatic rings. The summed E-state index contributed by atoms with van der Waals surface area (Å²) >= 11 is 0. The monoisotopic (exact) mass is 781 g/mol. The molecule has 0 spiro atoms. The summed E-state index contributed by atoms with van der Waals surface area (Å²) in [6.45, 7) is 7.91. The van der Waals surface area contributed by atoms with Crippen molar-refractivity contribution in [2.24, 2.45) is 47.3 Å². The molecule has 0 saturated heterocycles. The van der Waals surface area contributed by atoms with Gasteiger partial charge in [0.05, 0.1) is 25.0 Å². The van der Waals surface area contributed by atoms with Gasteiger partial charge in [-0.05, 0) is 138 Å². The second-order valence-corrected chi connectivity index (χ2v) is 18.6. The topological polar surface area (TPSA) is 105 Å². The van der Waals surface area contributed by atoms with Gasteiger partial charge in [0, 0.05) is 12.2 Å². The van der Waals surface area contributed by atoms with Gasteiger partial charge in [-0.1, -0.05) is 90.2 Å². The van der Waals surface area contributed by atoms with Crippen LogP contribution in [0.5, 0.6) is 0 Å². The lowest BCUT2D eigenvalue weighted by atomic mass is 9.75. The van der Waals surface area contributed by atoms with E-state index in [2.05, 4.69) is 13.2 Å². The Kier molecular flexibility index (Phi) is 19.3. The second-order valence-electron chi connectivity index (χ2n) is 18.6. The van der Waals surface area contributed by atoms with E-state index in [1.54, 1.807) is 0 Å². The smallest absolute Gasteiger partial charge is 0.330 e. The van der Waals surface area contributed by atoms with Crippen molar-refractivity contribution in [1.29, 1.82) is 0 Å². The van der Waals surface area contributed by atoms with Crippen molar-refractivity contribution < 1.29 is 38.1 Å². The lowest BCUT2D eigenvalue weighted by Crippen LogP contribution is -2.41. The zero-order valence-electron chi connectivity index (χ0n) is 34.8. The molecule has 316 valence electrons. The molecule has 5 saturated carbocycles. The molecule has 0 heterocycles. The van der Waals surface area contributed by atoms with Crippen LogP contribution in [0.4, 0.5) is 0 Å². The van der Waals surface area contributed by atoms with E-state index in [0.717, 1.165) is 126 Å². The van der Waals surface area contributed by atoms with Gasteiger partial charge in [0.15, 0.2) is 0 Å². The van der Waals surface area contributed by atoms with Crippen LogP contribution in [0.2, 0.25) is 0 Å². The van der Waals surface area contributed by atoms with E-state index in [9.17, 15) is 19.2 Å². The minimum Gasteiger partial charge on any atom is -0.463 e. The number of esters is 4. The van der Waals surface area contributed by atoms with Crippen molar-refractivity contribution in [2.75, 3.05) is 13.2 Å². The molecule has 0 aromatic carbocycles. The molecule has 0 unspecified atom stereocenters. The highest BCUT2D eigenvalue weighted by Crippen LogP contribution is 2.40. The number of ether oxygens (including phenoxy) is 4. The van der Waals surface area contributed by atoms with Crippen molar-refractivity contribution in [3.8, 4) is 0 Å². The van der Waals surface area contributed by atoms with Crippen molar-refractivity contribution >= 4 is 23.9 Å². The molecule has 0 amide bonds. The van der Waals surface area contributed by atoms with Crippen LogP contribution in [0.15, 0.2) is 25.3 Å². The fourth-order valence-corrected chi connectivity index (χ4v) is 11.0. The third-order valence-electron chi connectivity index (χ3n) is 14.8. The van der Waals surface area contributed by atoms with Gasteiger partial charge in [0.25, 0.3) is 0 Å². The Labute approximate surface area is 339 Å². The molecule has 0 N–H and O–H groups in total. The highest BCUT2D eigenvalue weighted by atomic mass is 16.6. The number of carbonyl (C=O) groups is 4. The molecule has 0 radical (unpaired) electrons. The Morgan fingerprint density at radius 1 is 0.411 bits per heavy atom. The van der Waals surface area contributed by atoms with Gasteiger partial charge in [-0.2, -0.15) is 0 Å². The van der Waals surface area contributed by atoms with Gasteiger partial charge in [-0.15, -0.1) is 0 Å². The molecule has 8 nitrogen and oxygen atoms in total. The van der Waals surface area contributed by atoms with E-state index in [4.69, 9.17) is 18.9 Å². The lowest BCUT2D eigenvalue weighted by Gasteiger charge is -2.35. The normalized spacial score (nSPS) is 32.4. The molecule has 0 bridgehead atoms. The van der Waals surface area contributed by atoms with E-state index in [0.29, 0.717) is 25.0 Å². The molecule has 8 heteroatoms. The van der Waals surface area contributed by atoms with E-state index < -0.39 is 0 Å². The molecule has 2 atom stereocenters. The molecule has 5 rings (SSSR count). The maximum Gasteiger partial charge on any atom is 0.330 e. The summed E-state index contributed by atoms with van der Waals surface area (Å²) in [5.41, 5.74) is 0. The predicted molar refractivity (Wildman–Crippen MR) is 219 cm³/mol. The van der Waals surface area contributed by atoms with Crippen LogP contribution >= 0.6 is 0 Å². The van der Waals surface area contributed by atoms with Gasteiger partial charge < -0.3 is 18.9 Å². The van der Waals surface area contributed by atoms with Crippen LogP contribution < -0.4 is 0 Å². The summed E-state index contributed by atoms with van der Waals surface area (Å²) in [7, 11) is 0. The lowest BCUT2D eigenvalue weighted by molar-refractivity contribution is -0.178. The van der Waals surface area contributed by atoms with Crippen LogP contribution in [0.1, 0.15) is 180 Å². The van der Waals surface area contributed by atoms with Crippen LogP contribution in [-0.2, 0) is 38.1 Å². The van der Waals surface area contributed by atoms with Gasteiger partial charge in [0.1, 0.15) is 12.2 Å². The zero-order chi connectivity index (χ0) is 39.5.